The van der Waals surface area contributed by atoms with Crippen LogP contribution < -0.4 is 4.90 Å². The second-order valence-electron chi connectivity index (χ2n) is 6.43. The number of fused-ring (bicyclic) bond motifs is 1. The van der Waals surface area contributed by atoms with Crippen LogP contribution in [-0.4, -0.2) is 19.1 Å². The average Bonchev–Trinajstić information content (AvgIpc) is 3.11. The minimum atomic E-state index is 1.07. The van der Waals surface area contributed by atoms with Gasteiger partial charge in [0, 0.05) is 25.3 Å². The van der Waals surface area contributed by atoms with Crippen LogP contribution in [0.5, 0.6) is 0 Å². The van der Waals surface area contributed by atoms with Gasteiger partial charge in [0.05, 0.1) is 10.2 Å². The number of hydrogen-bond acceptors (Lipinski definition) is 3. The fraction of sp³-hybridized carbons (Fsp3) is 0.0870. The van der Waals surface area contributed by atoms with Crippen LogP contribution in [-0.2, 0) is 0 Å². The summed E-state index contributed by atoms with van der Waals surface area (Å²) in [5, 5.41) is 1.07. The normalized spacial score (nSPS) is 11.3. The molecule has 0 N–H and O–H groups in total. The van der Waals surface area contributed by atoms with Crippen LogP contribution in [0, 0.1) is 0 Å². The van der Waals surface area contributed by atoms with E-state index in [0.717, 1.165) is 10.5 Å². The molecule has 0 atom stereocenters. The number of nitrogens with zero attached hydrogens (tertiary/aromatic N) is 2. The van der Waals surface area contributed by atoms with Crippen LogP contribution in [0.1, 0.15) is 11.1 Å². The number of para-hydroxylation sites is 1. The van der Waals surface area contributed by atoms with Crippen LogP contribution in [0.3, 0.4) is 0 Å². The molecule has 4 aromatic rings. The summed E-state index contributed by atoms with van der Waals surface area (Å²) in [6.07, 6.45) is 4.29. The predicted octanol–water partition coefficient (Wildman–Crippen LogP) is 6.20. The van der Waals surface area contributed by atoms with Gasteiger partial charge in [-0.1, -0.05) is 60.7 Å². The van der Waals surface area contributed by atoms with Crippen molar-refractivity contribution in [2.24, 2.45) is 0 Å². The van der Waals surface area contributed by atoms with E-state index >= 15 is 0 Å². The molecule has 0 saturated heterocycles. The summed E-state index contributed by atoms with van der Waals surface area (Å²) >= 11 is 1.74. The number of thiazole rings is 1. The van der Waals surface area contributed by atoms with Gasteiger partial charge in [0.25, 0.3) is 0 Å². The molecule has 0 fully saturated rings. The molecular formula is C23H20N2S. The van der Waals surface area contributed by atoms with Gasteiger partial charge in [-0.05, 0) is 35.4 Å². The zero-order chi connectivity index (χ0) is 17.9. The molecule has 0 unspecified atom stereocenters. The van der Waals surface area contributed by atoms with Crippen molar-refractivity contribution in [1.82, 2.24) is 4.98 Å². The van der Waals surface area contributed by atoms with Gasteiger partial charge in [-0.25, -0.2) is 4.98 Å². The van der Waals surface area contributed by atoms with E-state index in [9.17, 15) is 0 Å². The Kier molecular flexibility index (Phi) is 4.55. The minimum Gasteiger partial charge on any atom is -0.378 e. The van der Waals surface area contributed by atoms with E-state index in [0.29, 0.717) is 0 Å². The number of hydrogen-bond donors (Lipinski definition) is 0. The highest BCUT2D eigenvalue weighted by atomic mass is 32.1. The minimum absolute atomic E-state index is 1.07. The number of rotatable bonds is 4. The topological polar surface area (TPSA) is 16.1 Å². The summed E-state index contributed by atoms with van der Waals surface area (Å²) in [4.78, 5) is 6.83. The molecule has 0 aliphatic heterocycles. The van der Waals surface area contributed by atoms with Crippen molar-refractivity contribution >= 4 is 39.4 Å². The molecule has 0 bridgehead atoms. The molecule has 3 aromatic carbocycles. The van der Waals surface area contributed by atoms with Gasteiger partial charge in [-0.3, -0.25) is 0 Å². The summed E-state index contributed by atoms with van der Waals surface area (Å²) in [6, 6.07) is 25.4. The van der Waals surface area contributed by atoms with E-state index in [1.54, 1.807) is 11.3 Å². The maximum absolute atomic E-state index is 4.73. The Morgan fingerprint density at radius 3 is 2.00 bits per heavy atom. The lowest BCUT2D eigenvalue weighted by atomic mass is 10.1. The molecule has 0 aliphatic rings. The van der Waals surface area contributed by atoms with Crippen molar-refractivity contribution in [2.45, 2.75) is 0 Å². The van der Waals surface area contributed by atoms with Gasteiger partial charge in [0.15, 0.2) is 0 Å². The molecule has 128 valence electrons. The largest absolute Gasteiger partial charge is 0.378 e. The second-order valence-corrected chi connectivity index (χ2v) is 7.46. The Bertz CT molecular complexity index is 1010. The van der Waals surface area contributed by atoms with Gasteiger partial charge in [-0.2, -0.15) is 0 Å². The number of aromatic nitrogens is 1. The fourth-order valence-corrected chi connectivity index (χ4v) is 3.78. The van der Waals surface area contributed by atoms with Crippen molar-refractivity contribution < 1.29 is 0 Å². The van der Waals surface area contributed by atoms with Gasteiger partial charge in [0.1, 0.15) is 5.01 Å². The molecule has 1 heterocycles. The maximum atomic E-state index is 4.73. The van der Waals surface area contributed by atoms with Gasteiger partial charge in [-0.15, -0.1) is 11.3 Å². The second kappa shape index (κ2) is 7.14. The van der Waals surface area contributed by atoms with Gasteiger partial charge in [0.2, 0.25) is 0 Å². The van der Waals surface area contributed by atoms with E-state index in [1.807, 2.05) is 6.07 Å². The van der Waals surface area contributed by atoms with Crippen molar-refractivity contribution in [1.29, 1.82) is 0 Å². The molecule has 26 heavy (non-hydrogen) atoms. The summed E-state index contributed by atoms with van der Waals surface area (Å²) in [6.45, 7) is 0. The van der Waals surface area contributed by atoms with Gasteiger partial charge < -0.3 is 4.90 Å². The lowest BCUT2D eigenvalue weighted by Gasteiger charge is -2.11. The van der Waals surface area contributed by atoms with Crippen molar-refractivity contribution in [3.63, 3.8) is 0 Å². The first-order chi connectivity index (χ1) is 12.7. The first-order valence-corrected chi connectivity index (χ1v) is 9.42. The SMILES string of the molecule is CN(C)c1ccc(/C=C/c2ccc(-c3nc4ccccc4s3)cc2)cc1. The average molecular weight is 356 g/mol. The highest BCUT2D eigenvalue weighted by Crippen LogP contribution is 2.30. The van der Waals surface area contributed by atoms with E-state index in [-0.39, 0.29) is 0 Å². The van der Waals surface area contributed by atoms with E-state index in [2.05, 4.69) is 97.9 Å². The number of anilines is 1. The van der Waals surface area contributed by atoms with Crippen LogP contribution in [0.15, 0.2) is 72.8 Å². The zero-order valence-electron chi connectivity index (χ0n) is 14.9. The highest BCUT2D eigenvalue weighted by molar-refractivity contribution is 7.21. The van der Waals surface area contributed by atoms with Crippen molar-refractivity contribution in [3.05, 3.63) is 83.9 Å². The quantitative estimate of drug-likeness (QED) is 0.405. The third-order valence-corrected chi connectivity index (χ3v) is 5.41. The molecular weight excluding hydrogens is 336 g/mol. The van der Waals surface area contributed by atoms with E-state index in [1.165, 1.54) is 27.1 Å². The molecule has 0 saturated carbocycles. The fourth-order valence-electron chi connectivity index (χ4n) is 2.81. The lowest BCUT2D eigenvalue weighted by Crippen LogP contribution is -2.07. The van der Waals surface area contributed by atoms with Crippen LogP contribution in [0.2, 0.25) is 0 Å². The number of benzene rings is 3. The third-order valence-electron chi connectivity index (χ3n) is 4.33. The first kappa shape index (κ1) is 16.6. The first-order valence-electron chi connectivity index (χ1n) is 8.60. The van der Waals surface area contributed by atoms with E-state index in [4.69, 9.17) is 4.98 Å². The summed E-state index contributed by atoms with van der Waals surface area (Å²) in [5.41, 5.74) is 5.83. The summed E-state index contributed by atoms with van der Waals surface area (Å²) in [7, 11) is 4.11. The lowest BCUT2D eigenvalue weighted by molar-refractivity contribution is 1.13. The monoisotopic (exact) mass is 356 g/mol. The van der Waals surface area contributed by atoms with Crippen LogP contribution in [0.4, 0.5) is 5.69 Å². The Morgan fingerprint density at radius 1 is 0.769 bits per heavy atom. The summed E-state index contributed by atoms with van der Waals surface area (Å²) < 4.78 is 1.23. The molecule has 0 spiro atoms. The molecule has 3 heteroatoms. The molecule has 1 aromatic heterocycles. The predicted molar refractivity (Wildman–Crippen MR) is 115 cm³/mol. The molecule has 0 radical (unpaired) electrons. The smallest absolute Gasteiger partial charge is 0.124 e. The van der Waals surface area contributed by atoms with Crippen LogP contribution in [0.25, 0.3) is 32.9 Å². The van der Waals surface area contributed by atoms with Crippen LogP contribution >= 0.6 is 11.3 Å². The third kappa shape index (κ3) is 3.53. The Labute approximate surface area is 158 Å². The van der Waals surface area contributed by atoms with E-state index < -0.39 is 0 Å². The highest BCUT2D eigenvalue weighted by Gasteiger charge is 2.05. The van der Waals surface area contributed by atoms with Crippen molar-refractivity contribution in [2.75, 3.05) is 19.0 Å². The molecule has 0 amide bonds. The maximum Gasteiger partial charge on any atom is 0.124 e. The Balaban J connectivity index is 1.52. The molecule has 4 rings (SSSR count). The Morgan fingerprint density at radius 2 is 1.38 bits per heavy atom. The molecule has 0 aliphatic carbocycles. The van der Waals surface area contributed by atoms with Gasteiger partial charge >= 0.3 is 0 Å². The standard InChI is InChI=1S/C23H20N2S/c1-25(2)20-15-11-18(12-16-20)8-7-17-9-13-19(14-10-17)23-24-21-5-3-4-6-22(21)26-23/h3-16H,1-2H3/b8-7+. The van der Waals surface area contributed by atoms with Crippen molar-refractivity contribution in [3.8, 4) is 10.6 Å². The zero-order valence-corrected chi connectivity index (χ0v) is 15.7. The Hall–Kier alpha value is -2.91. The summed E-state index contributed by atoms with van der Waals surface area (Å²) in [5.74, 6) is 0. The molecule has 2 nitrogen and oxygen atoms in total.